The Morgan fingerprint density at radius 2 is 1.68 bits per heavy atom. The number of rotatable bonds is 8. The molecule has 2 aromatic carbocycles. The molecule has 0 saturated carbocycles. The van der Waals surface area contributed by atoms with Crippen LogP contribution in [0.2, 0.25) is 0 Å². The van der Waals surface area contributed by atoms with Crippen molar-refractivity contribution in [1.82, 2.24) is 0 Å². The fourth-order valence-electron chi connectivity index (χ4n) is 1.99. The first-order valence-corrected chi connectivity index (χ1v) is 7.76. The lowest BCUT2D eigenvalue weighted by Crippen LogP contribution is -1.95. The van der Waals surface area contributed by atoms with Crippen LogP contribution in [-0.2, 0) is 6.61 Å². The lowest BCUT2D eigenvalue weighted by atomic mass is 10.1. The summed E-state index contributed by atoms with van der Waals surface area (Å²) in [6.07, 6.45) is 6.08. The van der Waals surface area contributed by atoms with Gasteiger partial charge in [0.1, 0.15) is 12.4 Å². The third-order valence-electron chi connectivity index (χ3n) is 3.38. The molecule has 22 heavy (non-hydrogen) atoms. The molecule has 0 atom stereocenters. The Kier molecular flexibility index (Phi) is 6.43. The summed E-state index contributed by atoms with van der Waals surface area (Å²) in [6.45, 7) is 7.39. The van der Waals surface area contributed by atoms with E-state index in [4.69, 9.17) is 4.74 Å². The molecule has 0 heterocycles. The van der Waals surface area contributed by atoms with Crippen LogP contribution < -0.4 is 4.74 Å². The molecule has 114 valence electrons. The molecule has 0 aliphatic carbocycles. The van der Waals surface area contributed by atoms with Crippen molar-refractivity contribution < 1.29 is 4.74 Å². The minimum atomic E-state index is 0.571. The SMILES string of the molecule is C=Cc1ccc(COc2ccc(C=NCCCC)cc2)cc1. The maximum absolute atomic E-state index is 5.79. The van der Waals surface area contributed by atoms with E-state index in [-0.39, 0.29) is 0 Å². The van der Waals surface area contributed by atoms with E-state index in [1.807, 2.05) is 48.7 Å². The van der Waals surface area contributed by atoms with Crippen molar-refractivity contribution in [2.24, 2.45) is 4.99 Å². The zero-order chi connectivity index (χ0) is 15.6. The zero-order valence-corrected chi connectivity index (χ0v) is 13.2. The van der Waals surface area contributed by atoms with Crippen LogP contribution in [0.3, 0.4) is 0 Å². The second-order valence-corrected chi connectivity index (χ2v) is 5.19. The van der Waals surface area contributed by atoms with E-state index in [0.717, 1.165) is 35.4 Å². The largest absolute Gasteiger partial charge is 0.489 e. The van der Waals surface area contributed by atoms with Crippen LogP contribution in [0.4, 0.5) is 0 Å². The molecule has 2 aromatic rings. The van der Waals surface area contributed by atoms with Gasteiger partial charge in [0.25, 0.3) is 0 Å². The number of aliphatic imine (C=N–C) groups is 1. The second-order valence-electron chi connectivity index (χ2n) is 5.19. The lowest BCUT2D eigenvalue weighted by Gasteiger charge is -2.07. The molecule has 0 aliphatic rings. The number of unbranched alkanes of at least 4 members (excludes halogenated alkanes) is 1. The summed E-state index contributed by atoms with van der Waals surface area (Å²) >= 11 is 0. The summed E-state index contributed by atoms with van der Waals surface area (Å²) in [6, 6.07) is 16.2. The molecule has 0 bridgehead atoms. The molecular weight excluding hydrogens is 270 g/mol. The molecule has 0 amide bonds. The van der Waals surface area contributed by atoms with Gasteiger partial charge >= 0.3 is 0 Å². The maximum atomic E-state index is 5.79. The van der Waals surface area contributed by atoms with Crippen molar-refractivity contribution in [3.63, 3.8) is 0 Å². The van der Waals surface area contributed by atoms with Crippen LogP contribution >= 0.6 is 0 Å². The Balaban J connectivity index is 1.85. The minimum absolute atomic E-state index is 0.571. The van der Waals surface area contributed by atoms with Crippen molar-refractivity contribution >= 4 is 12.3 Å². The summed E-state index contributed by atoms with van der Waals surface area (Å²) in [5, 5.41) is 0. The highest BCUT2D eigenvalue weighted by Crippen LogP contribution is 2.14. The van der Waals surface area contributed by atoms with Gasteiger partial charge in [0.2, 0.25) is 0 Å². The topological polar surface area (TPSA) is 21.6 Å². The fourth-order valence-corrected chi connectivity index (χ4v) is 1.99. The van der Waals surface area contributed by atoms with E-state index in [0.29, 0.717) is 6.61 Å². The van der Waals surface area contributed by atoms with Crippen LogP contribution in [-0.4, -0.2) is 12.8 Å². The van der Waals surface area contributed by atoms with Gasteiger partial charge in [0.15, 0.2) is 0 Å². The monoisotopic (exact) mass is 293 g/mol. The second kappa shape index (κ2) is 8.83. The summed E-state index contributed by atoms with van der Waals surface area (Å²) < 4.78 is 5.79. The molecule has 0 saturated heterocycles. The zero-order valence-electron chi connectivity index (χ0n) is 13.2. The molecule has 0 spiro atoms. The number of benzene rings is 2. The average Bonchev–Trinajstić information content (AvgIpc) is 2.58. The third-order valence-corrected chi connectivity index (χ3v) is 3.38. The van der Waals surface area contributed by atoms with E-state index < -0.39 is 0 Å². The summed E-state index contributed by atoms with van der Waals surface area (Å²) in [7, 11) is 0. The molecule has 0 aliphatic heterocycles. The third kappa shape index (κ3) is 5.21. The molecule has 0 N–H and O–H groups in total. The van der Waals surface area contributed by atoms with E-state index in [2.05, 4.69) is 30.6 Å². The summed E-state index contributed by atoms with van der Waals surface area (Å²) in [5.41, 5.74) is 3.38. The van der Waals surface area contributed by atoms with Gasteiger partial charge in [-0.1, -0.05) is 50.3 Å². The molecule has 2 heteroatoms. The Bertz CT molecular complexity index is 597. The van der Waals surface area contributed by atoms with Crippen molar-refractivity contribution in [3.8, 4) is 5.75 Å². The van der Waals surface area contributed by atoms with Gasteiger partial charge in [-0.3, -0.25) is 4.99 Å². The molecule has 2 rings (SSSR count). The standard InChI is InChI=1S/C20H23NO/c1-3-5-14-21-15-18-10-12-20(13-11-18)22-16-19-8-6-17(4-2)7-9-19/h4,6-13,15H,2-3,5,14,16H2,1H3. The predicted octanol–water partition coefficient (Wildman–Crippen LogP) is 5.13. The maximum Gasteiger partial charge on any atom is 0.119 e. The number of nitrogens with zero attached hydrogens (tertiary/aromatic N) is 1. The van der Waals surface area contributed by atoms with Crippen molar-refractivity contribution in [1.29, 1.82) is 0 Å². The van der Waals surface area contributed by atoms with Crippen molar-refractivity contribution in [2.45, 2.75) is 26.4 Å². The van der Waals surface area contributed by atoms with Crippen molar-refractivity contribution in [2.75, 3.05) is 6.54 Å². The lowest BCUT2D eigenvalue weighted by molar-refractivity contribution is 0.306. The number of hydrogen-bond acceptors (Lipinski definition) is 2. The van der Waals surface area contributed by atoms with Gasteiger partial charge in [-0.25, -0.2) is 0 Å². The molecular formula is C20H23NO. The minimum Gasteiger partial charge on any atom is -0.489 e. The van der Waals surface area contributed by atoms with E-state index >= 15 is 0 Å². The Hall–Kier alpha value is -2.35. The van der Waals surface area contributed by atoms with Crippen LogP contribution in [0.15, 0.2) is 60.1 Å². The number of ether oxygens (including phenoxy) is 1. The van der Waals surface area contributed by atoms with E-state index in [1.54, 1.807) is 0 Å². The highest BCUT2D eigenvalue weighted by molar-refractivity contribution is 5.79. The molecule has 2 nitrogen and oxygen atoms in total. The van der Waals surface area contributed by atoms with Gasteiger partial charge < -0.3 is 4.74 Å². The summed E-state index contributed by atoms with van der Waals surface area (Å²) in [5.74, 6) is 0.874. The first-order valence-electron chi connectivity index (χ1n) is 7.76. The van der Waals surface area contributed by atoms with Crippen LogP contribution in [0, 0.1) is 0 Å². The van der Waals surface area contributed by atoms with E-state index in [1.165, 1.54) is 6.42 Å². The smallest absolute Gasteiger partial charge is 0.119 e. The quantitative estimate of drug-likeness (QED) is 0.488. The van der Waals surface area contributed by atoms with Gasteiger partial charge in [-0.05, 0) is 47.4 Å². The first kappa shape index (κ1) is 16.0. The Labute approximate surface area is 133 Å². The summed E-state index contributed by atoms with van der Waals surface area (Å²) in [4.78, 5) is 4.40. The van der Waals surface area contributed by atoms with Gasteiger partial charge in [-0.2, -0.15) is 0 Å². The molecule has 0 unspecified atom stereocenters. The predicted molar refractivity (Wildman–Crippen MR) is 94.7 cm³/mol. The van der Waals surface area contributed by atoms with Gasteiger partial charge in [-0.15, -0.1) is 0 Å². The Morgan fingerprint density at radius 3 is 2.32 bits per heavy atom. The number of hydrogen-bond donors (Lipinski definition) is 0. The van der Waals surface area contributed by atoms with Crippen LogP contribution in [0.1, 0.15) is 36.5 Å². The van der Waals surface area contributed by atoms with Crippen molar-refractivity contribution in [3.05, 3.63) is 71.8 Å². The van der Waals surface area contributed by atoms with Crippen LogP contribution in [0.25, 0.3) is 6.08 Å². The molecule has 0 radical (unpaired) electrons. The molecule has 0 fully saturated rings. The average molecular weight is 293 g/mol. The molecule has 0 aromatic heterocycles. The van der Waals surface area contributed by atoms with Gasteiger partial charge in [0.05, 0.1) is 0 Å². The highest BCUT2D eigenvalue weighted by Gasteiger charge is 1.97. The fraction of sp³-hybridized carbons (Fsp3) is 0.250. The van der Waals surface area contributed by atoms with Gasteiger partial charge in [0, 0.05) is 12.8 Å². The van der Waals surface area contributed by atoms with Crippen LogP contribution in [0.5, 0.6) is 5.75 Å². The van der Waals surface area contributed by atoms with E-state index in [9.17, 15) is 0 Å². The highest BCUT2D eigenvalue weighted by atomic mass is 16.5. The normalized spacial score (nSPS) is 10.8. The first-order chi connectivity index (χ1) is 10.8. The Morgan fingerprint density at radius 1 is 1.00 bits per heavy atom.